The van der Waals surface area contributed by atoms with E-state index in [-0.39, 0.29) is 39.1 Å². The molecule has 10 heteroatoms. The molecule has 2 aromatic rings. The molecule has 2 atom stereocenters. The third kappa shape index (κ3) is 3.33. The molecule has 172 valence electrons. The Morgan fingerprint density at radius 1 is 1.12 bits per heavy atom. The average Bonchev–Trinajstić information content (AvgIpc) is 2.74. The lowest BCUT2D eigenvalue weighted by atomic mass is 9.86. The second kappa shape index (κ2) is 8.50. The molecule has 32 heavy (non-hydrogen) atoms. The molecule has 0 spiro atoms. The summed E-state index contributed by atoms with van der Waals surface area (Å²) < 4.78 is 24.3. The lowest BCUT2D eigenvalue weighted by Crippen LogP contribution is -2.32. The number of ketones is 1. The number of phenols is 4. The zero-order chi connectivity index (χ0) is 24.1. The molecule has 0 aromatic heterocycles. The van der Waals surface area contributed by atoms with Crippen molar-refractivity contribution in [2.24, 2.45) is 0 Å². The first kappa shape index (κ1) is 23.6. The van der Waals surface area contributed by atoms with Gasteiger partial charge in [0.25, 0.3) is 0 Å². The van der Waals surface area contributed by atoms with Gasteiger partial charge in [-0.2, -0.15) is 0 Å². The quantitative estimate of drug-likeness (QED) is 0.259. The van der Waals surface area contributed by atoms with Gasteiger partial charge in [0.05, 0.1) is 18.2 Å². The second-order valence-electron chi connectivity index (χ2n) is 7.52. The number of rotatable bonds is 5. The number of ether oxygens (including phenoxy) is 2. The summed E-state index contributed by atoms with van der Waals surface area (Å²) in [4.78, 5) is 24.5. The number of hydrogen-bond acceptors (Lipinski definition) is 8. The van der Waals surface area contributed by atoms with Gasteiger partial charge in [-0.05, 0) is 29.3 Å². The normalized spacial score (nSPS) is 17.6. The summed E-state index contributed by atoms with van der Waals surface area (Å²) in [6, 6.07) is 0. The number of esters is 1. The van der Waals surface area contributed by atoms with E-state index < -0.39 is 58.0 Å². The number of phenolic OH excluding ortho intramolecular Hbond substituents is 4. The van der Waals surface area contributed by atoms with Crippen molar-refractivity contribution in [3.05, 3.63) is 21.2 Å². The van der Waals surface area contributed by atoms with Crippen LogP contribution in [0.25, 0.3) is 11.1 Å². The number of fused-ring (bicyclic) bond motifs is 1. The molecule has 2 aromatic carbocycles. The number of carbonyl (C=O) groups is 2. The average molecular weight is 513 g/mol. The van der Waals surface area contributed by atoms with Crippen LogP contribution < -0.4 is 9.47 Å². The van der Waals surface area contributed by atoms with E-state index in [4.69, 9.17) is 9.47 Å². The maximum absolute atomic E-state index is 14.3. The van der Waals surface area contributed by atoms with Crippen molar-refractivity contribution < 1.29 is 43.9 Å². The Hall–Kier alpha value is -3.01. The standard InChI is InChI=1S/C22H22BrFO8/c1-5-6-9(25)11-18(28)12(16(26)8(3)20(11)31-4)13-17(27)10-7(2)15(24)22(30)32-21(10)14(23)19(13)29/h7,15,26-29H,5-6H2,1-4H3. The maximum atomic E-state index is 14.3. The molecule has 0 aliphatic carbocycles. The van der Waals surface area contributed by atoms with Crippen LogP contribution >= 0.6 is 15.9 Å². The van der Waals surface area contributed by atoms with Crippen molar-refractivity contribution in [1.29, 1.82) is 0 Å². The molecule has 2 unspecified atom stereocenters. The summed E-state index contributed by atoms with van der Waals surface area (Å²) >= 11 is 3.08. The van der Waals surface area contributed by atoms with Crippen LogP contribution in [0.4, 0.5) is 4.39 Å². The molecule has 0 amide bonds. The van der Waals surface area contributed by atoms with Gasteiger partial charge in [-0.15, -0.1) is 0 Å². The highest BCUT2D eigenvalue weighted by Gasteiger charge is 2.42. The van der Waals surface area contributed by atoms with Crippen LogP contribution in [0.5, 0.6) is 34.5 Å². The Kier molecular flexibility index (Phi) is 6.28. The topological polar surface area (TPSA) is 134 Å². The van der Waals surface area contributed by atoms with Crippen LogP contribution in [-0.4, -0.2) is 45.5 Å². The first-order valence-corrected chi connectivity index (χ1v) is 10.6. The predicted molar refractivity (Wildman–Crippen MR) is 116 cm³/mol. The number of halogens is 2. The fourth-order valence-corrected chi connectivity index (χ4v) is 4.38. The van der Waals surface area contributed by atoms with Gasteiger partial charge in [-0.1, -0.05) is 13.8 Å². The lowest BCUT2D eigenvalue weighted by molar-refractivity contribution is -0.142. The number of Topliss-reactive ketones (excluding diaryl/α,β-unsaturated/α-hetero) is 1. The Morgan fingerprint density at radius 2 is 1.72 bits per heavy atom. The summed E-state index contributed by atoms with van der Waals surface area (Å²) in [6.07, 6.45) is -1.55. The van der Waals surface area contributed by atoms with E-state index in [0.717, 1.165) is 0 Å². The van der Waals surface area contributed by atoms with Crippen molar-refractivity contribution in [3.63, 3.8) is 0 Å². The number of methoxy groups -OCH3 is 1. The SMILES string of the molecule is CCCC(=O)c1c(O)c(-c2c(O)c(Br)c3c(c2O)C(C)C(F)C(=O)O3)c(O)c(C)c1OC. The van der Waals surface area contributed by atoms with Crippen LogP contribution in [0.2, 0.25) is 0 Å². The molecule has 0 saturated carbocycles. The Bertz CT molecular complexity index is 1140. The van der Waals surface area contributed by atoms with E-state index in [2.05, 4.69) is 15.9 Å². The van der Waals surface area contributed by atoms with Gasteiger partial charge in [-0.25, -0.2) is 9.18 Å². The molecule has 0 saturated heterocycles. The molecule has 4 N–H and O–H groups in total. The smallest absolute Gasteiger partial charge is 0.346 e. The molecular formula is C22H22BrFO8. The van der Waals surface area contributed by atoms with Crippen LogP contribution in [0.3, 0.4) is 0 Å². The van der Waals surface area contributed by atoms with E-state index in [9.17, 15) is 34.4 Å². The van der Waals surface area contributed by atoms with Crippen molar-refractivity contribution >= 4 is 27.7 Å². The van der Waals surface area contributed by atoms with E-state index in [1.807, 2.05) is 0 Å². The number of carbonyl (C=O) groups excluding carboxylic acids is 2. The van der Waals surface area contributed by atoms with E-state index in [0.29, 0.717) is 6.42 Å². The molecule has 8 nitrogen and oxygen atoms in total. The van der Waals surface area contributed by atoms with Gasteiger partial charge in [0, 0.05) is 23.5 Å². The number of hydrogen-bond donors (Lipinski definition) is 4. The Labute approximate surface area is 191 Å². The molecule has 1 aliphatic heterocycles. The van der Waals surface area contributed by atoms with Gasteiger partial charge in [-0.3, -0.25) is 4.79 Å². The largest absolute Gasteiger partial charge is 0.507 e. The molecule has 1 aliphatic rings. The third-order valence-corrected chi connectivity index (χ3v) is 6.28. The van der Waals surface area contributed by atoms with Gasteiger partial charge in [0.15, 0.2) is 11.5 Å². The first-order chi connectivity index (χ1) is 15.0. The van der Waals surface area contributed by atoms with Crippen LogP contribution in [0.15, 0.2) is 4.47 Å². The molecule has 0 bridgehead atoms. The fraction of sp³-hybridized carbons (Fsp3) is 0.364. The minimum Gasteiger partial charge on any atom is -0.507 e. The predicted octanol–water partition coefficient (Wildman–Crippen LogP) is 4.60. The van der Waals surface area contributed by atoms with Crippen LogP contribution in [0, 0.1) is 6.92 Å². The molecule has 0 fully saturated rings. The van der Waals surface area contributed by atoms with E-state index in [1.54, 1.807) is 6.92 Å². The zero-order valence-corrected chi connectivity index (χ0v) is 19.3. The second-order valence-corrected chi connectivity index (χ2v) is 8.31. The van der Waals surface area contributed by atoms with Gasteiger partial charge >= 0.3 is 5.97 Å². The highest BCUT2D eigenvalue weighted by molar-refractivity contribution is 9.10. The highest BCUT2D eigenvalue weighted by Crippen LogP contribution is 2.59. The minimum atomic E-state index is -2.08. The Balaban J connectivity index is 2.45. The number of alkyl halides is 1. The Morgan fingerprint density at radius 3 is 2.28 bits per heavy atom. The fourth-order valence-electron chi connectivity index (χ4n) is 3.89. The van der Waals surface area contributed by atoms with Gasteiger partial charge in [0.1, 0.15) is 38.8 Å². The minimum absolute atomic E-state index is 0.0516. The third-order valence-electron chi connectivity index (χ3n) is 5.55. The first-order valence-electron chi connectivity index (χ1n) is 9.78. The van der Waals surface area contributed by atoms with Gasteiger partial charge in [0.2, 0.25) is 6.17 Å². The highest BCUT2D eigenvalue weighted by atomic mass is 79.9. The molecule has 1 heterocycles. The summed E-state index contributed by atoms with van der Waals surface area (Å²) in [7, 11) is 1.27. The monoisotopic (exact) mass is 512 g/mol. The number of aromatic hydroxyl groups is 4. The van der Waals surface area contributed by atoms with Crippen molar-refractivity contribution in [3.8, 4) is 45.6 Å². The summed E-state index contributed by atoms with van der Waals surface area (Å²) in [5.74, 6) is -5.85. The van der Waals surface area contributed by atoms with Gasteiger partial charge < -0.3 is 29.9 Å². The van der Waals surface area contributed by atoms with E-state index in [1.165, 1.54) is 21.0 Å². The van der Waals surface area contributed by atoms with Crippen LogP contribution in [0.1, 0.15) is 54.1 Å². The van der Waals surface area contributed by atoms with E-state index >= 15 is 0 Å². The maximum Gasteiger partial charge on any atom is 0.346 e. The zero-order valence-electron chi connectivity index (χ0n) is 17.7. The molecule has 0 radical (unpaired) electrons. The van der Waals surface area contributed by atoms with Crippen molar-refractivity contribution in [1.82, 2.24) is 0 Å². The van der Waals surface area contributed by atoms with Crippen molar-refractivity contribution in [2.75, 3.05) is 7.11 Å². The van der Waals surface area contributed by atoms with Crippen LogP contribution in [-0.2, 0) is 4.79 Å². The summed E-state index contributed by atoms with van der Waals surface area (Å²) in [6.45, 7) is 4.54. The number of benzene rings is 2. The van der Waals surface area contributed by atoms with Crippen molar-refractivity contribution in [2.45, 2.75) is 45.7 Å². The lowest BCUT2D eigenvalue weighted by Gasteiger charge is -2.28. The summed E-state index contributed by atoms with van der Waals surface area (Å²) in [5, 5.41) is 43.6. The molecular weight excluding hydrogens is 491 g/mol. The summed E-state index contributed by atoms with van der Waals surface area (Å²) in [5.41, 5.74) is -1.20. The molecule has 3 rings (SSSR count).